The maximum atomic E-state index is 12.2. The SMILES string of the molecule is CC1=C2C[C@@H]3[C@@](C)(CC/C=C(/C)C[C@@]2(O)OC1=O)[C@H]1CC[C@]3(C)O1. The molecule has 0 aromatic heterocycles. The van der Waals surface area contributed by atoms with Gasteiger partial charge in [0.05, 0.1) is 11.7 Å². The minimum absolute atomic E-state index is 0.0843. The fraction of sp³-hybridized carbons (Fsp3) is 0.750. The lowest BCUT2D eigenvalue weighted by Crippen LogP contribution is -2.44. The van der Waals surface area contributed by atoms with E-state index >= 15 is 0 Å². The van der Waals surface area contributed by atoms with Gasteiger partial charge >= 0.3 is 5.97 Å². The van der Waals surface area contributed by atoms with Gasteiger partial charge in [0, 0.05) is 17.6 Å². The lowest BCUT2D eigenvalue weighted by molar-refractivity contribution is -0.182. The summed E-state index contributed by atoms with van der Waals surface area (Å²) in [6.07, 6.45) is 7.79. The highest BCUT2D eigenvalue weighted by molar-refractivity contribution is 5.92. The van der Waals surface area contributed by atoms with Crippen molar-refractivity contribution in [2.24, 2.45) is 11.3 Å². The molecule has 2 bridgehead atoms. The Morgan fingerprint density at radius 1 is 1.25 bits per heavy atom. The number of fused-ring (bicyclic) bond motifs is 6. The van der Waals surface area contributed by atoms with Crippen molar-refractivity contribution in [2.45, 2.75) is 83.7 Å². The van der Waals surface area contributed by atoms with Crippen molar-refractivity contribution in [1.29, 1.82) is 0 Å². The molecule has 0 unspecified atom stereocenters. The molecule has 0 amide bonds. The van der Waals surface area contributed by atoms with Crippen LogP contribution in [0.15, 0.2) is 22.8 Å². The number of allylic oxidation sites excluding steroid dienone is 1. The van der Waals surface area contributed by atoms with E-state index in [4.69, 9.17) is 9.47 Å². The molecule has 0 aromatic rings. The van der Waals surface area contributed by atoms with E-state index < -0.39 is 5.79 Å². The van der Waals surface area contributed by atoms with Crippen LogP contribution < -0.4 is 0 Å². The van der Waals surface area contributed by atoms with Crippen LogP contribution in [0.25, 0.3) is 0 Å². The second-order valence-electron chi connectivity index (χ2n) is 8.76. The van der Waals surface area contributed by atoms with Gasteiger partial charge in [0.15, 0.2) is 0 Å². The van der Waals surface area contributed by atoms with Crippen LogP contribution in [0.1, 0.15) is 66.2 Å². The number of rotatable bonds is 0. The minimum atomic E-state index is -1.47. The standard InChI is InChI=1S/C20H28O4/c1-12-6-5-8-18(3)15(19(4)9-7-16(18)23-19)10-14-13(2)17(21)24-20(14,22)11-12/h6,15-16,22H,5,7-11H2,1-4H3/b12-6-/t15-,16-,18-,19+,20-/m1/s1. The first kappa shape index (κ1) is 16.3. The molecule has 4 nitrogen and oxygen atoms in total. The average molecular weight is 332 g/mol. The molecule has 0 radical (unpaired) electrons. The third-order valence-corrected chi connectivity index (χ3v) is 7.18. The molecule has 3 heterocycles. The molecule has 2 fully saturated rings. The molecule has 0 aromatic carbocycles. The predicted octanol–water partition coefficient (Wildman–Crippen LogP) is 3.64. The van der Waals surface area contributed by atoms with Crippen molar-refractivity contribution in [2.75, 3.05) is 0 Å². The summed E-state index contributed by atoms with van der Waals surface area (Å²) < 4.78 is 11.8. The van der Waals surface area contributed by atoms with Crippen molar-refractivity contribution in [3.8, 4) is 0 Å². The van der Waals surface area contributed by atoms with E-state index in [0.717, 1.165) is 36.8 Å². The third-order valence-electron chi connectivity index (χ3n) is 7.18. The maximum absolute atomic E-state index is 12.2. The summed E-state index contributed by atoms with van der Waals surface area (Å²) in [5.74, 6) is -1.55. The average Bonchev–Trinajstić information content (AvgIpc) is 3.03. The van der Waals surface area contributed by atoms with E-state index in [1.807, 2.05) is 6.92 Å². The molecule has 1 aliphatic carbocycles. The molecule has 2 saturated heterocycles. The van der Waals surface area contributed by atoms with Crippen molar-refractivity contribution in [3.63, 3.8) is 0 Å². The zero-order chi connectivity index (χ0) is 17.3. The van der Waals surface area contributed by atoms with E-state index in [1.165, 1.54) is 0 Å². The zero-order valence-electron chi connectivity index (χ0n) is 15.1. The Labute approximate surface area is 143 Å². The summed E-state index contributed by atoms with van der Waals surface area (Å²) in [4.78, 5) is 12.2. The van der Waals surface area contributed by atoms with Crippen LogP contribution in [0, 0.1) is 11.3 Å². The number of carbonyl (C=O) groups excluding carboxylic acids is 1. The first-order valence-corrected chi connectivity index (χ1v) is 9.17. The van der Waals surface area contributed by atoms with Gasteiger partial charge in [-0.3, -0.25) is 0 Å². The van der Waals surface area contributed by atoms with Crippen LogP contribution in [0.3, 0.4) is 0 Å². The summed E-state index contributed by atoms with van der Waals surface area (Å²) in [6.45, 7) is 8.34. The Morgan fingerprint density at radius 2 is 2.00 bits per heavy atom. The fourth-order valence-corrected chi connectivity index (χ4v) is 5.73. The Hall–Kier alpha value is -1.13. The molecule has 3 aliphatic heterocycles. The van der Waals surface area contributed by atoms with E-state index in [2.05, 4.69) is 19.9 Å². The van der Waals surface area contributed by atoms with E-state index in [0.29, 0.717) is 24.3 Å². The fourth-order valence-electron chi connectivity index (χ4n) is 5.73. The van der Waals surface area contributed by atoms with Crippen molar-refractivity contribution >= 4 is 5.97 Å². The van der Waals surface area contributed by atoms with Gasteiger partial charge in [0.1, 0.15) is 0 Å². The van der Waals surface area contributed by atoms with Crippen LogP contribution >= 0.6 is 0 Å². The first-order chi connectivity index (χ1) is 11.2. The van der Waals surface area contributed by atoms with Crippen molar-refractivity contribution < 1.29 is 19.4 Å². The number of aliphatic hydroxyl groups is 1. The number of hydrogen-bond acceptors (Lipinski definition) is 4. The van der Waals surface area contributed by atoms with Gasteiger partial charge < -0.3 is 14.6 Å². The highest BCUT2D eigenvalue weighted by atomic mass is 16.7. The largest absolute Gasteiger partial charge is 0.425 e. The monoisotopic (exact) mass is 332 g/mol. The summed E-state index contributed by atoms with van der Waals surface area (Å²) >= 11 is 0. The Morgan fingerprint density at radius 3 is 2.75 bits per heavy atom. The van der Waals surface area contributed by atoms with Crippen molar-refractivity contribution in [1.82, 2.24) is 0 Å². The lowest BCUT2D eigenvalue weighted by Gasteiger charge is -2.43. The predicted molar refractivity (Wildman–Crippen MR) is 90.1 cm³/mol. The van der Waals surface area contributed by atoms with Gasteiger partial charge in [0.25, 0.3) is 0 Å². The Bertz CT molecular complexity index is 663. The Kier molecular flexibility index (Phi) is 3.37. The molecule has 132 valence electrons. The quantitative estimate of drug-likeness (QED) is 0.543. The number of esters is 1. The molecular formula is C20H28O4. The highest BCUT2D eigenvalue weighted by Crippen LogP contribution is 2.62. The molecule has 5 atom stereocenters. The second kappa shape index (κ2) is 4.95. The summed E-state index contributed by atoms with van der Waals surface area (Å²) in [7, 11) is 0. The molecule has 0 spiro atoms. The molecule has 24 heavy (non-hydrogen) atoms. The number of hydrogen-bond donors (Lipinski definition) is 1. The van der Waals surface area contributed by atoms with Gasteiger partial charge in [-0.1, -0.05) is 18.6 Å². The molecule has 4 heteroatoms. The number of ether oxygens (including phenoxy) is 2. The zero-order valence-corrected chi connectivity index (χ0v) is 15.1. The van der Waals surface area contributed by atoms with E-state index in [9.17, 15) is 9.90 Å². The summed E-state index contributed by atoms with van der Waals surface area (Å²) in [6, 6.07) is 0. The topological polar surface area (TPSA) is 55.8 Å². The van der Waals surface area contributed by atoms with Crippen LogP contribution in [0.4, 0.5) is 0 Å². The normalized spacial score (nSPS) is 50.2. The van der Waals surface area contributed by atoms with Crippen LogP contribution in [-0.2, 0) is 14.3 Å². The van der Waals surface area contributed by atoms with Crippen LogP contribution in [0.5, 0.6) is 0 Å². The highest BCUT2D eigenvalue weighted by Gasteiger charge is 2.63. The first-order valence-electron chi connectivity index (χ1n) is 9.17. The van der Waals surface area contributed by atoms with E-state index in [1.54, 1.807) is 6.92 Å². The van der Waals surface area contributed by atoms with Crippen LogP contribution in [0.2, 0.25) is 0 Å². The summed E-state index contributed by atoms with van der Waals surface area (Å²) in [5.41, 5.74) is 2.36. The van der Waals surface area contributed by atoms with Gasteiger partial charge in [-0.2, -0.15) is 0 Å². The lowest BCUT2D eigenvalue weighted by atomic mass is 9.58. The molecule has 4 rings (SSSR count). The van der Waals surface area contributed by atoms with Gasteiger partial charge in [-0.05, 0) is 64.2 Å². The minimum Gasteiger partial charge on any atom is -0.425 e. The smallest absolute Gasteiger partial charge is 0.336 e. The Balaban J connectivity index is 1.82. The van der Waals surface area contributed by atoms with Gasteiger partial charge in [-0.15, -0.1) is 0 Å². The maximum Gasteiger partial charge on any atom is 0.336 e. The molecule has 4 aliphatic rings. The van der Waals surface area contributed by atoms with Crippen LogP contribution in [-0.4, -0.2) is 28.6 Å². The number of carbonyl (C=O) groups is 1. The molecule has 0 saturated carbocycles. The van der Waals surface area contributed by atoms with E-state index in [-0.39, 0.29) is 23.1 Å². The third kappa shape index (κ3) is 2.08. The second-order valence-corrected chi connectivity index (χ2v) is 8.76. The molecular weight excluding hydrogens is 304 g/mol. The summed E-state index contributed by atoms with van der Waals surface area (Å²) in [5, 5.41) is 11.1. The van der Waals surface area contributed by atoms with Gasteiger partial charge in [0.2, 0.25) is 5.79 Å². The molecule has 1 N–H and O–H groups in total. The van der Waals surface area contributed by atoms with Crippen molar-refractivity contribution in [3.05, 3.63) is 22.8 Å². The van der Waals surface area contributed by atoms with Gasteiger partial charge in [-0.25, -0.2) is 4.79 Å².